The van der Waals surface area contributed by atoms with Crippen molar-refractivity contribution in [2.45, 2.75) is 19.4 Å². The second kappa shape index (κ2) is 8.51. The van der Waals surface area contributed by atoms with E-state index in [1.54, 1.807) is 6.20 Å². The van der Waals surface area contributed by atoms with Crippen molar-refractivity contribution in [3.8, 4) is 0 Å². The molecule has 0 saturated heterocycles. The van der Waals surface area contributed by atoms with Gasteiger partial charge in [-0.3, -0.25) is 19.9 Å². The summed E-state index contributed by atoms with van der Waals surface area (Å²) in [7, 11) is 0. The van der Waals surface area contributed by atoms with Crippen LogP contribution in [-0.2, 0) is 13.0 Å². The fourth-order valence-corrected chi connectivity index (χ4v) is 3.81. The number of rotatable bonds is 5. The monoisotopic (exact) mass is 422 g/mol. The summed E-state index contributed by atoms with van der Waals surface area (Å²) in [6.07, 6.45) is 3.71. The molecule has 7 nitrogen and oxygen atoms in total. The van der Waals surface area contributed by atoms with Gasteiger partial charge in [-0.25, -0.2) is 0 Å². The lowest BCUT2D eigenvalue weighted by Gasteiger charge is -2.31. The average molecular weight is 423 g/mol. The number of nitrogens with one attached hydrogen (secondary N) is 1. The number of pyridine rings is 1. The van der Waals surface area contributed by atoms with Gasteiger partial charge in [-0.05, 0) is 54.8 Å². The van der Waals surface area contributed by atoms with Crippen LogP contribution in [0.4, 0.5) is 17.1 Å². The minimum absolute atomic E-state index is 0.0698. The van der Waals surface area contributed by atoms with Crippen LogP contribution in [0.25, 0.3) is 0 Å². The number of fused-ring (bicyclic) bond motifs is 1. The molecule has 0 fully saturated rings. The highest BCUT2D eigenvalue weighted by atomic mass is 35.5. The number of benzene rings is 2. The Morgan fingerprint density at radius 3 is 2.83 bits per heavy atom. The average Bonchev–Trinajstić information content (AvgIpc) is 2.74. The molecule has 0 radical (unpaired) electrons. The Bertz CT molecular complexity index is 1100. The summed E-state index contributed by atoms with van der Waals surface area (Å²) in [6, 6.07) is 15.5. The predicted octanol–water partition coefficient (Wildman–Crippen LogP) is 4.85. The van der Waals surface area contributed by atoms with Crippen LogP contribution in [0.3, 0.4) is 0 Å². The van der Waals surface area contributed by atoms with E-state index in [1.165, 1.54) is 18.2 Å². The number of nitro benzene ring substituents is 1. The van der Waals surface area contributed by atoms with E-state index in [0.717, 1.165) is 42.9 Å². The smallest absolute Gasteiger partial charge is 0.270 e. The van der Waals surface area contributed by atoms with E-state index < -0.39 is 10.8 Å². The molecule has 3 aromatic rings. The first kappa shape index (κ1) is 19.8. The zero-order chi connectivity index (χ0) is 21.1. The van der Waals surface area contributed by atoms with Gasteiger partial charge in [0.15, 0.2) is 0 Å². The molecule has 30 heavy (non-hydrogen) atoms. The van der Waals surface area contributed by atoms with Gasteiger partial charge in [-0.2, -0.15) is 0 Å². The number of hydrogen-bond donors (Lipinski definition) is 1. The van der Waals surface area contributed by atoms with Gasteiger partial charge in [0.1, 0.15) is 0 Å². The predicted molar refractivity (Wildman–Crippen MR) is 116 cm³/mol. The molecule has 1 amide bonds. The quantitative estimate of drug-likeness (QED) is 0.469. The molecular formula is C22H19ClN4O3. The summed E-state index contributed by atoms with van der Waals surface area (Å²) < 4.78 is 0. The van der Waals surface area contributed by atoms with Crippen molar-refractivity contribution in [1.29, 1.82) is 0 Å². The van der Waals surface area contributed by atoms with E-state index in [9.17, 15) is 14.9 Å². The second-order valence-corrected chi connectivity index (χ2v) is 7.47. The number of carbonyl (C=O) groups is 1. The van der Waals surface area contributed by atoms with Crippen molar-refractivity contribution in [2.75, 3.05) is 16.8 Å². The van der Waals surface area contributed by atoms with Crippen molar-refractivity contribution >= 4 is 34.6 Å². The molecule has 0 saturated carbocycles. The van der Waals surface area contributed by atoms with Gasteiger partial charge >= 0.3 is 0 Å². The number of hydrogen-bond acceptors (Lipinski definition) is 5. The molecule has 4 rings (SSSR count). The Morgan fingerprint density at radius 2 is 2.07 bits per heavy atom. The maximum atomic E-state index is 12.6. The zero-order valence-corrected chi connectivity index (χ0v) is 16.8. The highest BCUT2D eigenvalue weighted by molar-refractivity contribution is 6.34. The Kier molecular flexibility index (Phi) is 5.63. The third-order valence-electron chi connectivity index (χ3n) is 5.04. The van der Waals surface area contributed by atoms with Crippen molar-refractivity contribution < 1.29 is 9.72 Å². The lowest BCUT2D eigenvalue weighted by Crippen LogP contribution is -2.29. The van der Waals surface area contributed by atoms with E-state index in [0.29, 0.717) is 5.69 Å². The van der Waals surface area contributed by atoms with Crippen LogP contribution >= 0.6 is 11.6 Å². The van der Waals surface area contributed by atoms with Crippen molar-refractivity contribution in [3.05, 3.63) is 92.8 Å². The molecule has 0 bridgehead atoms. The largest absolute Gasteiger partial charge is 0.365 e. The molecular weight excluding hydrogens is 404 g/mol. The molecule has 0 aliphatic carbocycles. The van der Waals surface area contributed by atoms with Gasteiger partial charge < -0.3 is 10.2 Å². The van der Waals surface area contributed by atoms with Crippen LogP contribution in [0.1, 0.15) is 28.0 Å². The summed E-state index contributed by atoms with van der Waals surface area (Å²) in [4.78, 5) is 29.8. The van der Waals surface area contributed by atoms with Gasteiger partial charge in [-0.1, -0.05) is 17.7 Å². The minimum Gasteiger partial charge on any atom is -0.365 e. The second-order valence-electron chi connectivity index (χ2n) is 7.07. The molecule has 1 aliphatic rings. The summed E-state index contributed by atoms with van der Waals surface area (Å²) in [5.74, 6) is -0.482. The Balaban J connectivity index is 1.54. The van der Waals surface area contributed by atoms with Crippen LogP contribution in [0.5, 0.6) is 0 Å². The van der Waals surface area contributed by atoms with Gasteiger partial charge in [-0.15, -0.1) is 0 Å². The summed E-state index contributed by atoms with van der Waals surface area (Å²) in [6.45, 7) is 1.67. The molecule has 152 valence electrons. The normalized spacial score (nSPS) is 12.9. The molecule has 0 atom stereocenters. The van der Waals surface area contributed by atoms with E-state index >= 15 is 0 Å². The number of nitro groups is 1. The molecule has 1 aliphatic heterocycles. The first-order valence-corrected chi connectivity index (χ1v) is 9.92. The number of anilines is 2. The van der Waals surface area contributed by atoms with E-state index in [-0.39, 0.29) is 16.3 Å². The Labute approximate surface area is 178 Å². The minimum atomic E-state index is -0.553. The Hall–Kier alpha value is -3.45. The number of aryl methyl sites for hydroxylation is 1. The number of non-ortho nitro benzene ring substituents is 1. The topological polar surface area (TPSA) is 88.4 Å². The summed E-state index contributed by atoms with van der Waals surface area (Å²) >= 11 is 6.08. The summed E-state index contributed by atoms with van der Waals surface area (Å²) in [5, 5.41) is 14.0. The van der Waals surface area contributed by atoms with E-state index in [4.69, 9.17) is 11.6 Å². The van der Waals surface area contributed by atoms with Gasteiger partial charge in [0.05, 0.1) is 27.7 Å². The molecule has 2 heterocycles. The molecule has 0 spiro atoms. The number of carbonyl (C=O) groups excluding carboxylic acids is 1. The van der Waals surface area contributed by atoms with Gasteiger partial charge in [0.2, 0.25) is 0 Å². The molecule has 1 aromatic heterocycles. The van der Waals surface area contributed by atoms with Crippen LogP contribution in [-0.4, -0.2) is 22.4 Å². The number of aromatic nitrogens is 1. The van der Waals surface area contributed by atoms with Gasteiger partial charge in [0.25, 0.3) is 11.6 Å². The number of halogens is 1. The first-order valence-electron chi connectivity index (χ1n) is 9.54. The standard InChI is InChI=1S/C22H19ClN4O3/c23-20-8-7-18(27(29)30)13-19(20)22(28)25-16-6-9-21-15(12-16)4-3-11-26(21)14-17-5-1-2-10-24-17/h1-2,5-10,12-13H,3-4,11,14H2,(H,25,28). The van der Waals surface area contributed by atoms with Crippen LogP contribution < -0.4 is 10.2 Å². The third kappa shape index (κ3) is 4.26. The maximum absolute atomic E-state index is 12.6. The number of nitrogens with zero attached hydrogens (tertiary/aromatic N) is 3. The Morgan fingerprint density at radius 1 is 1.20 bits per heavy atom. The highest BCUT2D eigenvalue weighted by Gasteiger charge is 2.20. The number of amides is 1. The van der Waals surface area contributed by atoms with Crippen LogP contribution in [0.2, 0.25) is 5.02 Å². The van der Waals surface area contributed by atoms with E-state index in [2.05, 4.69) is 15.2 Å². The van der Waals surface area contributed by atoms with E-state index in [1.807, 2.05) is 36.4 Å². The third-order valence-corrected chi connectivity index (χ3v) is 5.37. The van der Waals surface area contributed by atoms with Crippen molar-refractivity contribution in [2.24, 2.45) is 0 Å². The molecule has 0 unspecified atom stereocenters. The van der Waals surface area contributed by atoms with Gasteiger partial charge in [0, 0.05) is 36.2 Å². The van der Waals surface area contributed by atoms with Crippen LogP contribution in [0.15, 0.2) is 60.8 Å². The lowest BCUT2D eigenvalue weighted by atomic mass is 10.0. The first-order chi connectivity index (χ1) is 14.5. The lowest BCUT2D eigenvalue weighted by molar-refractivity contribution is -0.384. The zero-order valence-electron chi connectivity index (χ0n) is 16.0. The molecule has 8 heteroatoms. The fourth-order valence-electron chi connectivity index (χ4n) is 3.60. The summed E-state index contributed by atoms with van der Waals surface area (Å²) in [5.41, 5.74) is 3.78. The maximum Gasteiger partial charge on any atom is 0.270 e. The van der Waals surface area contributed by atoms with Crippen molar-refractivity contribution in [1.82, 2.24) is 4.98 Å². The SMILES string of the molecule is O=C(Nc1ccc2c(c1)CCCN2Cc1ccccn1)c1cc([N+](=O)[O-])ccc1Cl. The molecule has 1 N–H and O–H groups in total. The van der Waals surface area contributed by atoms with Crippen molar-refractivity contribution in [3.63, 3.8) is 0 Å². The fraction of sp³-hybridized carbons (Fsp3) is 0.182. The molecule has 2 aromatic carbocycles. The van der Waals surface area contributed by atoms with Crippen LogP contribution in [0, 0.1) is 10.1 Å². The highest BCUT2D eigenvalue weighted by Crippen LogP contribution is 2.31.